The lowest BCUT2D eigenvalue weighted by atomic mass is 10.1. The number of hydrogen-bond acceptors (Lipinski definition) is 5. The average Bonchev–Trinajstić information content (AvgIpc) is 3.45. The van der Waals surface area contributed by atoms with Crippen LogP contribution in [0.3, 0.4) is 0 Å². The summed E-state index contributed by atoms with van der Waals surface area (Å²) in [6, 6.07) is 0.0532. The molecule has 2 aliphatic rings. The number of carbonyl (C=O) groups excluding carboxylic acids is 2. The number of fused-ring (bicyclic) bond motifs is 1. The molecule has 9 nitrogen and oxygen atoms in total. The van der Waals surface area contributed by atoms with E-state index in [1.165, 1.54) is 21.4 Å². The molecule has 2 aromatic rings. The predicted octanol–water partition coefficient (Wildman–Crippen LogP) is 1.78. The third kappa shape index (κ3) is 4.35. The van der Waals surface area contributed by atoms with Crippen LogP contribution in [-0.4, -0.2) is 55.1 Å². The first-order valence-electron chi connectivity index (χ1n) is 11.0. The van der Waals surface area contributed by atoms with Crippen LogP contribution in [0.1, 0.15) is 61.9 Å². The molecule has 0 spiro atoms. The molecule has 0 radical (unpaired) electrons. The maximum atomic E-state index is 13.2. The van der Waals surface area contributed by atoms with Crippen LogP contribution in [0.4, 0.5) is 0 Å². The lowest BCUT2D eigenvalue weighted by Gasteiger charge is -2.25. The Bertz CT molecular complexity index is 1090. The van der Waals surface area contributed by atoms with Gasteiger partial charge >= 0.3 is 0 Å². The zero-order chi connectivity index (χ0) is 22.1. The number of piperidine rings is 1. The Labute approximate surface area is 180 Å². The van der Waals surface area contributed by atoms with Gasteiger partial charge in [-0.3, -0.25) is 19.0 Å². The topological polar surface area (TPSA) is 109 Å². The van der Waals surface area contributed by atoms with Crippen molar-refractivity contribution in [3.05, 3.63) is 33.8 Å². The SMILES string of the molecule is CC(C)Cn1c(=O)c(C(=O)NC2CC2)c(O)n2ncc(/C=C/C(=O)N3CCCCC3)c12. The van der Waals surface area contributed by atoms with E-state index in [9.17, 15) is 19.5 Å². The Morgan fingerprint density at radius 1 is 1.26 bits per heavy atom. The van der Waals surface area contributed by atoms with Gasteiger partial charge in [0, 0.05) is 37.3 Å². The highest BCUT2D eigenvalue weighted by atomic mass is 16.3. The smallest absolute Gasteiger partial charge is 0.270 e. The first-order chi connectivity index (χ1) is 14.9. The average molecular weight is 428 g/mol. The van der Waals surface area contributed by atoms with Gasteiger partial charge in [-0.15, -0.1) is 0 Å². The van der Waals surface area contributed by atoms with E-state index in [0.29, 0.717) is 17.8 Å². The Balaban J connectivity index is 1.75. The fraction of sp³-hybridized carbons (Fsp3) is 0.545. The molecule has 4 rings (SSSR count). The van der Waals surface area contributed by atoms with Gasteiger partial charge < -0.3 is 15.3 Å². The largest absolute Gasteiger partial charge is 0.492 e. The van der Waals surface area contributed by atoms with Crippen LogP contribution in [0.5, 0.6) is 5.88 Å². The van der Waals surface area contributed by atoms with Crippen LogP contribution in [-0.2, 0) is 11.3 Å². The quantitative estimate of drug-likeness (QED) is 0.683. The zero-order valence-corrected chi connectivity index (χ0v) is 18.0. The summed E-state index contributed by atoms with van der Waals surface area (Å²) in [4.78, 5) is 40.2. The van der Waals surface area contributed by atoms with Gasteiger partial charge in [0.2, 0.25) is 11.8 Å². The van der Waals surface area contributed by atoms with Gasteiger partial charge in [0.15, 0.2) is 5.56 Å². The fourth-order valence-corrected chi connectivity index (χ4v) is 3.93. The molecule has 1 saturated heterocycles. The van der Waals surface area contributed by atoms with Gasteiger partial charge in [0.1, 0.15) is 5.65 Å². The van der Waals surface area contributed by atoms with Gasteiger partial charge in [-0.1, -0.05) is 13.8 Å². The molecule has 1 aliphatic heterocycles. The monoisotopic (exact) mass is 427 g/mol. The number of rotatable bonds is 6. The van der Waals surface area contributed by atoms with Gasteiger partial charge in [-0.2, -0.15) is 9.61 Å². The second kappa shape index (κ2) is 8.56. The molecule has 0 aromatic carbocycles. The van der Waals surface area contributed by atoms with Crippen molar-refractivity contribution in [2.45, 2.75) is 58.5 Å². The first-order valence-corrected chi connectivity index (χ1v) is 11.0. The third-order valence-electron chi connectivity index (χ3n) is 5.67. The molecule has 2 aromatic heterocycles. The van der Waals surface area contributed by atoms with E-state index >= 15 is 0 Å². The van der Waals surface area contributed by atoms with Crippen LogP contribution >= 0.6 is 0 Å². The number of nitrogens with zero attached hydrogens (tertiary/aromatic N) is 4. The van der Waals surface area contributed by atoms with Crippen LogP contribution in [0.15, 0.2) is 17.1 Å². The van der Waals surface area contributed by atoms with Crippen LogP contribution in [0.2, 0.25) is 0 Å². The molecule has 31 heavy (non-hydrogen) atoms. The van der Waals surface area contributed by atoms with E-state index in [4.69, 9.17) is 0 Å². The van der Waals surface area contributed by atoms with Crippen molar-refractivity contribution < 1.29 is 14.7 Å². The Morgan fingerprint density at radius 3 is 2.61 bits per heavy atom. The second-order valence-electron chi connectivity index (χ2n) is 8.81. The summed E-state index contributed by atoms with van der Waals surface area (Å²) in [5.74, 6) is -1.04. The lowest BCUT2D eigenvalue weighted by Crippen LogP contribution is -2.36. The van der Waals surface area contributed by atoms with E-state index in [0.717, 1.165) is 45.2 Å². The number of aromatic nitrogens is 3. The minimum atomic E-state index is -0.586. The number of amides is 2. The van der Waals surface area contributed by atoms with Crippen molar-refractivity contribution in [1.82, 2.24) is 24.4 Å². The molecule has 2 fully saturated rings. The number of nitrogens with one attached hydrogen (secondary N) is 1. The summed E-state index contributed by atoms with van der Waals surface area (Å²) >= 11 is 0. The van der Waals surface area contributed by atoms with Crippen molar-refractivity contribution in [2.75, 3.05) is 13.1 Å². The summed E-state index contributed by atoms with van der Waals surface area (Å²) in [5.41, 5.74) is 0.0341. The first kappa shape index (κ1) is 21.1. The van der Waals surface area contributed by atoms with Gasteiger partial charge in [0.25, 0.3) is 11.5 Å². The van der Waals surface area contributed by atoms with Gasteiger partial charge in [-0.25, -0.2) is 0 Å². The Morgan fingerprint density at radius 2 is 1.97 bits per heavy atom. The van der Waals surface area contributed by atoms with E-state index in [2.05, 4.69) is 10.4 Å². The number of aromatic hydroxyl groups is 1. The molecular weight excluding hydrogens is 398 g/mol. The summed E-state index contributed by atoms with van der Waals surface area (Å²) in [5, 5.41) is 17.7. The van der Waals surface area contributed by atoms with Crippen LogP contribution in [0, 0.1) is 5.92 Å². The minimum Gasteiger partial charge on any atom is -0.492 e. The summed E-state index contributed by atoms with van der Waals surface area (Å²) in [6.45, 7) is 5.77. The predicted molar refractivity (Wildman–Crippen MR) is 116 cm³/mol. The second-order valence-corrected chi connectivity index (χ2v) is 8.81. The van der Waals surface area contributed by atoms with Crippen molar-refractivity contribution in [1.29, 1.82) is 0 Å². The molecule has 1 saturated carbocycles. The molecule has 0 unspecified atom stereocenters. The maximum absolute atomic E-state index is 13.2. The summed E-state index contributed by atoms with van der Waals surface area (Å²) in [7, 11) is 0. The van der Waals surface area contributed by atoms with Crippen LogP contribution in [0.25, 0.3) is 11.7 Å². The normalized spacial score (nSPS) is 17.1. The van der Waals surface area contributed by atoms with Gasteiger partial charge in [-0.05, 0) is 44.1 Å². The van der Waals surface area contributed by atoms with Crippen molar-refractivity contribution >= 4 is 23.5 Å². The van der Waals surface area contributed by atoms with E-state index in [1.807, 2.05) is 18.7 Å². The summed E-state index contributed by atoms with van der Waals surface area (Å²) < 4.78 is 2.67. The molecule has 3 heterocycles. The standard InChI is InChI=1S/C22H29N5O4/c1-14(2)13-26-20-15(6-9-17(28)25-10-4-3-5-11-25)12-23-27(20)22(31)18(21(26)30)19(29)24-16-7-8-16/h6,9,12,14,16,31H,3-5,7-8,10-11,13H2,1-2H3,(H,24,29)/b9-6+. The maximum Gasteiger partial charge on any atom is 0.270 e. The Kier molecular flexibility index (Phi) is 5.84. The lowest BCUT2D eigenvalue weighted by molar-refractivity contribution is -0.126. The third-order valence-corrected chi connectivity index (χ3v) is 5.67. The molecule has 1 aliphatic carbocycles. The molecule has 166 valence electrons. The fourth-order valence-electron chi connectivity index (χ4n) is 3.93. The molecule has 2 N–H and O–H groups in total. The van der Waals surface area contributed by atoms with E-state index in [-0.39, 0.29) is 23.4 Å². The number of likely N-dealkylation sites (tertiary alicyclic amines) is 1. The van der Waals surface area contributed by atoms with E-state index in [1.54, 1.807) is 6.08 Å². The highest BCUT2D eigenvalue weighted by molar-refractivity contribution is 5.97. The van der Waals surface area contributed by atoms with Gasteiger partial charge in [0.05, 0.1) is 6.20 Å². The van der Waals surface area contributed by atoms with Crippen molar-refractivity contribution in [3.63, 3.8) is 0 Å². The Hall–Kier alpha value is -3.10. The van der Waals surface area contributed by atoms with Crippen molar-refractivity contribution in [2.24, 2.45) is 5.92 Å². The number of carbonyl (C=O) groups is 2. The molecule has 2 amide bonds. The number of hydrogen-bond donors (Lipinski definition) is 2. The highest BCUT2D eigenvalue weighted by Gasteiger charge is 2.29. The molecule has 0 bridgehead atoms. The minimum absolute atomic E-state index is 0.0532. The van der Waals surface area contributed by atoms with Crippen molar-refractivity contribution in [3.8, 4) is 5.88 Å². The summed E-state index contributed by atoms with van der Waals surface area (Å²) in [6.07, 6.45) is 9.49. The van der Waals surface area contributed by atoms with Crippen LogP contribution < -0.4 is 10.9 Å². The van der Waals surface area contributed by atoms with E-state index < -0.39 is 17.3 Å². The highest BCUT2D eigenvalue weighted by Crippen LogP contribution is 2.23. The molecule has 0 atom stereocenters. The molecule has 9 heteroatoms. The molecular formula is C22H29N5O4. The zero-order valence-electron chi connectivity index (χ0n) is 18.0.